The van der Waals surface area contributed by atoms with E-state index in [2.05, 4.69) is 36.9 Å². The van der Waals surface area contributed by atoms with Crippen LogP contribution in [0.25, 0.3) is 0 Å². The third-order valence-electron chi connectivity index (χ3n) is 5.13. The molecule has 4 rings (SSSR count). The molecule has 25 heavy (non-hydrogen) atoms. The predicted octanol–water partition coefficient (Wildman–Crippen LogP) is 1.99. The topological polar surface area (TPSA) is 54.4 Å². The molecule has 2 fully saturated rings. The fourth-order valence-corrected chi connectivity index (χ4v) is 4.02. The van der Waals surface area contributed by atoms with E-state index in [1.165, 1.54) is 6.42 Å². The first kappa shape index (κ1) is 16.4. The lowest BCUT2D eigenvalue weighted by Gasteiger charge is -2.43. The number of rotatable bonds is 3. The zero-order valence-electron chi connectivity index (χ0n) is 14.5. The molecular weight excluding hydrogens is 314 g/mol. The van der Waals surface area contributed by atoms with Gasteiger partial charge in [-0.2, -0.15) is 0 Å². The van der Waals surface area contributed by atoms with Crippen LogP contribution in [0, 0.1) is 5.41 Å². The largest absolute Gasteiger partial charge is 0.379 e. The third kappa shape index (κ3) is 3.96. The fraction of sp³-hybridized carbons (Fsp3) is 0.526. The van der Waals surface area contributed by atoms with Crippen LogP contribution in [0.2, 0.25) is 0 Å². The lowest BCUT2D eigenvalue weighted by Crippen LogP contribution is -2.51. The maximum absolute atomic E-state index is 6.01. The highest BCUT2D eigenvalue weighted by Crippen LogP contribution is 2.34. The molecule has 0 aromatic carbocycles. The molecule has 0 aliphatic carbocycles. The second kappa shape index (κ2) is 7.45. The van der Waals surface area contributed by atoms with Crippen LogP contribution < -0.4 is 4.90 Å². The second-order valence-electron chi connectivity index (χ2n) is 7.16. The van der Waals surface area contributed by atoms with E-state index in [0.717, 1.165) is 64.0 Å². The summed E-state index contributed by atoms with van der Waals surface area (Å²) in [5.41, 5.74) is 1.27. The maximum Gasteiger partial charge on any atom is 0.225 e. The highest BCUT2D eigenvalue weighted by Gasteiger charge is 2.39. The number of anilines is 1. The Morgan fingerprint density at radius 3 is 2.72 bits per heavy atom. The molecule has 0 saturated carbocycles. The van der Waals surface area contributed by atoms with Gasteiger partial charge in [-0.25, -0.2) is 9.97 Å². The smallest absolute Gasteiger partial charge is 0.225 e. The van der Waals surface area contributed by atoms with Crippen molar-refractivity contribution in [2.24, 2.45) is 5.41 Å². The minimum absolute atomic E-state index is 0.142. The molecule has 2 aliphatic rings. The zero-order chi connectivity index (χ0) is 17.0. The molecule has 1 spiro atoms. The molecule has 6 nitrogen and oxygen atoms in total. The van der Waals surface area contributed by atoms with Crippen LogP contribution in [-0.2, 0) is 11.3 Å². The Kier molecular flexibility index (Phi) is 4.90. The van der Waals surface area contributed by atoms with E-state index in [1.807, 2.05) is 30.7 Å². The minimum atomic E-state index is 0.142. The summed E-state index contributed by atoms with van der Waals surface area (Å²) >= 11 is 0. The van der Waals surface area contributed by atoms with Crippen molar-refractivity contribution < 1.29 is 4.74 Å². The van der Waals surface area contributed by atoms with Crippen molar-refractivity contribution in [2.75, 3.05) is 44.3 Å². The third-order valence-corrected chi connectivity index (χ3v) is 5.13. The number of hydrogen-bond donors (Lipinski definition) is 0. The molecule has 1 unspecified atom stereocenters. The van der Waals surface area contributed by atoms with E-state index in [1.54, 1.807) is 0 Å². The van der Waals surface area contributed by atoms with Gasteiger partial charge in [-0.1, -0.05) is 6.07 Å². The lowest BCUT2D eigenvalue weighted by molar-refractivity contribution is 0.0554. The maximum atomic E-state index is 6.01. The molecule has 0 N–H and O–H groups in total. The Bertz CT molecular complexity index is 668. The molecule has 2 aliphatic heterocycles. The van der Waals surface area contributed by atoms with Crippen LogP contribution in [0.3, 0.4) is 0 Å². The average Bonchev–Trinajstić information content (AvgIpc) is 2.85. The molecule has 2 aromatic heterocycles. The number of piperidine rings is 1. The van der Waals surface area contributed by atoms with Crippen molar-refractivity contribution in [1.82, 2.24) is 19.9 Å². The SMILES string of the molecule is c1ccc(CN2CCOCC3(CCCN(c4ncccn4)C3)C2)nc1. The minimum Gasteiger partial charge on any atom is -0.379 e. The predicted molar refractivity (Wildman–Crippen MR) is 96.2 cm³/mol. The van der Waals surface area contributed by atoms with Crippen LogP contribution in [0.1, 0.15) is 18.5 Å². The van der Waals surface area contributed by atoms with E-state index in [9.17, 15) is 0 Å². The summed E-state index contributed by atoms with van der Waals surface area (Å²) in [4.78, 5) is 18.2. The van der Waals surface area contributed by atoms with E-state index < -0.39 is 0 Å². The van der Waals surface area contributed by atoms with Crippen molar-refractivity contribution in [1.29, 1.82) is 0 Å². The normalized spacial score (nSPS) is 25.0. The van der Waals surface area contributed by atoms with Gasteiger partial charge in [0.2, 0.25) is 5.95 Å². The van der Waals surface area contributed by atoms with Gasteiger partial charge in [-0.3, -0.25) is 9.88 Å². The first-order valence-electron chi connectivity index (χ1n) is 9.05. The standard InChI is InChI=1S/C19H25N5O/c1-2-7-20-17(5-1)13-23-11-12-25-16-19(14-23)6-3-10-24(15-19)18-21-8-4-9-22-18/h1-2,4-5,7-9H,3,6,10-16H2. The highest BCUT2D eigenvalue weighted by molar-refractivity contribution is 5.30. The Morgan fingerprint density at radius 2 is 1.88 bits per heavy atom. The molecule has 1 atom stereocenters. The molecular formula is C19H25N5O. The number of hydrogen-bond acceptors (Lipinski definition) is 6. The van der Waals surface area contributed by atoms with Crippen molar-refractivity contribution in [3.05, 3.63) is 48.5 Å². The van der Waals surface area contributed by atoms with E-state index in [-0.39, 0.29) is 5.41 Å². The van der Waals surface area contributed by atoms with Crippen LogP contribution in [0.4, 0.5) is 5.95 Å². The van der Waals surface area contributed by atoms with Crippen molar-refractivity contribution in [3.8, 4) is 0 Å². The zero-order valence-corrected chi connectivity index (χ0v) is 14.5. The Balaban J connectivity index is 1.49. The van der Waals surface area contributed by atoms with Gasteiger partial charge in [0, 0.05) is 56.7 Å². The molecule has 2 saturated heterocycles. The van der Waals surface area contributed by atoms with E-state index in [0.29, 0.717) is 0 Å². The second-order valence-corrected chi connectivity index (χ2v) is 7.16. The Labute approximate surface area is 148 Å². The van der Waals surface area contributed by atoms with Crippen LogP contribution in [-0.4, -0.2) is 59.2 Å². The van der Waals surface area contributed by atoms with Gasteiger partial charge in [0.1, 0.15) is 0 Å². The molecule has 0 radical (unpaired) electrons. The summed E-state index contributed by atoms with van der Waals surface area (Å²) < 4.78 is 6.01. The summed E-state index contributed by atoms with van der Waals surface area (Å²) in [6.45, 7) is 6.45. The van der Waals surface area contributed by atoms with Gasteiger partial charge in [-0.15, -0.1) is 0 Å². The molecule has 4 heterocycles. The molecule has 0 amide bonds. The number of ether oxygens (including phenoxy) is 1. The van der Waals surface area contributed by atoms with Crippen molar-refractivity contribution >= 4 is 5.95 Å². The number of aromatic nitrogens is 3. The number of pyridine rings is 1. The van der Waals surface area contributed by atoms with Gasteiger partial charge in [0.25, 0.3) is 0 Å². The van der Waals surface area contributed by atoms with Gasteiger partial charge in [0.05, 0.1) is 18.9 Å². The van der Waals surface area contributed by atoms with Gasteiger partial charge in [-0.05, 0) is 31.0 Å². The van der Waals surface area contributed by atoms with Crippen LogP contribution in [0.5, 0.6) is 0 Å². The lowest BCUT2D eigenvalue weighted by atomic mass is 9.80. The summed E-state index contributed by atoms with van der Waals surface area (Å²) in [6, 6.07) is 7.99. The Hall–Kier alpha value is -2.05. The first-order valence-corrected chi connectivity index (χ1v) is 9.05. The van der Waals surface area contributed by atoms with Gasteiger partial charge < -0.3 is 9.64 Å². The fourth-order valence-electron chi connectivity index (χ4n) is 4.02. The monoisotopic (exact) mass is 339 g/mol. The summed E-state index contributed by atoms with van der Waals surface area (Å²) in [5, 5.41) is 0. The molecule has 2 aromatic rings. The molecule has 132 valence electrons. The van der Waals surface area contributed by atoms with Gasteiger partial charge in [0.15, 0.2) is 0 Å². The first-order chi connectivity index (χ1) is 12.3. The van der Waals surface area contributed by atoms with E-state index >= 15 is 0 Å². The quantitative estimate of drug-likeness (QED) is 0.852. The summed E-state index contributed by atoms with van der Waals surface area (Å²) in [6.07, 6.45) is 7.85. The summed E-state index contributed by atoms with van der Waals surface area (Å²) in [5.74, 6) is 0.835. The van der Waals surface area contributed by atoms with Crippen molar-refractivity contribution in [3.63, 3.8) is 0 Å². The number of nitrogens with zero attached hydrogens (tertiary/aromatic N) is 5. The highest BCUT2D eigenvalue weighted by atomic mass is 16.5. The van der Waals surface area contributed by atoms with Crippen molar-refractivity contribution in [2.45, 2.75) is 19.4 Å². The van der Waals surface area contributed by atoms with Gasteiger partial charge >= 0.3 is 0 Å². The van der Waals surface area contributed by atoms with Crippen LogP contribution >= 0.6 is 0 Å². The van der Waals surface area contributed by atoms with Crippen LogP contribution in [0.15, 0.2) is 42.9 Å². The van der Waals surface area contributed by atoms with E-state index in [4.69, 9.17) is 4.74 Å². The molecule has 6 heteroatoms. The average molecular weight is 339 g/mol. The molecule has 0 bridgehead atoms. The summed E-state index contributed by atoms with van der Waals surface area (Å²) in [7, 11) is 0. The Morgan fingerprint density at radius 1 is 1.00 bits per heavy atom.